The Bertz CT molecular complexity index is 716. The fourth-order valence-corrected chi connectivity index (χ4v) is 2.85. The van der Waals surface area contributed by atoms with Gasteiger partial charge in [-0.25, -0.2) is 4.79 Å². The molecule has 0 aromatic carbocycles. The zero-order valence-corrected chi connectivity index (χ0v) is 15.6. The maximum Gasteiger partial charge on any atom is 0.410 e. The number of pyridine rings is 1. The number of aromatic nitrogens is 3. The first-order chi connectivity index (χ1) is 12.4. The minimum atomic E-state index is -0.461. The summed E-state index contributed by atoms with van der Waals surface area (Å²) >= 11 is 0. The third-order valence-electron chi connectivity index (χ3n) is 4.18. The van der Waals surface area contributed by atoms with Crippen LogP contribution in [0.4, 0.5) is 4.79 Å². The lowest BCUT2D eigenvalue weighted by Gasteiger charge is -2.33. The summed E-state index contributed by atoms with van der Waals surface area (Å²) in [5.41, 5.74) is 2.38. The Kier molecular flexibility index (Phi) is 5.56. The highest BCUT2D eigenvalue weighted by Gasteiger charge is 2.27. The quantitative estimate of drug-likeness (QED) is 0.906. The SMILES string of the molecule is CC(C)(C)OC(=O)N1CCC(OCc2cc(-c3ccncc3)n[nH]2)CC1. The molecule has 1 fully saturated rings. The van der Waals surface area contributed by atoms with Crippen molar-refractivity contribution in [1.82, 2.24) is 20.1 Å². The van der Waals surface area contributed by atoms with Crippen LogP contribution in [-0.2, 0) is 16.1 Å². The van der Waals surface area contributed by atoms with Gasteiger partial charge in [0.2, 0.25) is 0 Å². The third kappa shape index (κ3) is 5.05. The Hall–Kier alpha value is -2.41. The summed E-state index contributed by atoms with van der Waals surface area (Å²) in [4.78, 5) is 17.8. The number of nitrogens with zero attached hydrogens (tertiary/aromatic N) is 3. The average molecular weight is 358 g/mol. The highest BCUT2D eigenvalue weighted by atomic mass is 16.6. The van der Waals surface area contributed by atoms with Gasteiger partial charge in [0, 0.05) is 31.0 Å². The first-order valence-electron chi connectivity index (χ1n) is 8.95. The Morgan fingerprint density at radius 1 is 1.27 bits per heavy atom. The van der Waals surface area contributed by atoms with Gasteiger partial charge in [-0.2, -0.15) is 5.10 Å². The van der Waals surface area contributed by atoms with Crippen molar-refractivity contribution in [1.29, 1.82) is 0 Å². The van der Waals surface area contributed by atoms with Crippen molar-refractivity contribution in [2.24, 2.45) is 0 Å². The number of likely N-dealkylation sites (tertiary alicyclic amines) is 1. The molecule has 2 aromatic rings. The predicted octanol–water partition coefficient (Wildman–Crippen LogP) is 3.39. The van der Waals surface area contributed by atoms with Crippen LogP contribution in [0.5, 0.6) is 0 Å². The predicted molar refractivity (Wildman–Crippen MR) is 97.4 cm³/mol. The lowest BCUT2D eigenvalue weighted by atomic mass is 10.1. The topological polar surface area (TPSA) is 80.3 Å². The van der Waals surface area contributed by atoms with E-state index in [2.05, 4.69) is 15.2 Å². The van der Waals surface area contributed by atoms with Gasteiger partial charge in [0.1, 0.15) is 5.60 Å². The van der Waals surface area contributed by atoms with E-state index in [9.17, 15) is 4.79 Å². The molecular weight excluding hydrogens is 332 g/mol. The second-order valence-electron chi connectivity index (χ2n) is 7.49. The van der Waals surface area contributed by atoms with E-state index in [1.165, 1.54) is 0 Å². The summed E-state index contributed by atoms with van der Waals surface area (Å²) in [5.74, 6) is 0. The number of ether oxygens (including phenoxy) is 2. The Morgan fingerprint density at radius 3 is 2.62 bits per heavy atom. The van der Waals surface area contributed by atoms with Gasteiger partial charge in [-0.3, -0.25) is 10.1 Å². The first-order valence-corrected chi connectivity index (χ1v) is 8.95. The van der Waals surface area contributed by atoms with E-state index >= 15 is 0 Å². The Morgan fingerprint density at radius 2 is 1.96 bits per heavy atom. The van der Waals surface area contributed by atoms with Crippen molar-refractivity contribution >= 4 is 6.09 Å². The van der Waals surface area contributed by atoms with Crippen molar-refractivity contribution in [2.45, 2.75) is 51.9 Å². The largest absolute Gasteiger partial charge is 0.444 e. The molecule has 1 amide bonds. The van der Waals surface area contributed by atoms with Crippen molar-refractivity contribution in [3.8, 4) is 11.3 Å². The van der Waals surface area contributed by atoms with Crippen LogP contribution in [-0.4, -0.2) is 51.0 Å². The number of rotatable bonds is 4. The molecule has 1 aliphatic heterocycles. The molecule has 7 nitrogen and oxygen atoms in total. The molecule has 0 aliphatic carbocycles. The van der Waals surface area contributed by atoms with Crippen molar-refractivity contribution in [3.63, 3.8) is 0 Å². The zero-order chi connectivity index (χ0) is 18.6. The van der Waals surface area contributed by atoms with Crippen LogP contribution in [0.15, 0.2) is 30.6 Å². The normalized spacial score (nSPS) is 15.9. The molecule has 0 atom stereocenters. The number of hydrogen-bond acceptors (Lipinski definition) is 5. The number of H-pyrrole nitrogens is 1. The van der Waals surface area contributed by atoms with E-state index in [4.69, 9.17) is 9.47 Å². The summed E-state index contributed by atoms with van der Waals surface area (Å²) in [6, 6.07) is 5.84. The van der Waals surface area contributed by atoms with E-state index in [1.807, 2.05) is 39.0 Å². The maximum absolute atomic E-state index is 12.1. The van der Waals surface area contributed by atoms with Gasteiger partial charge in [0.05, 0.1) is 24.1 Å². The summed E-state index contributed by atoms with van der Waals surface area (Å²) < 4.78 is 11.4. The third-order valence-corrected chi connectivity index (χ3v) is 4.18. The van der Waals surface area contributed by atoms with Gasteiger partial charge in [0.15, 0.2) is 0 Å². The Labute approximate surface area is 153 Å². The molecule has 3 rings (SSSR count). The standard InChI is InChI=1S/C19H26N4O3/c1-19(2,3)26-18(24)23-10-6-16(7-11-23)25-13-15-12-17(22-21-15)14-4-8-20-9-5-14/h4-5,8-9,12,16H,6-7,10-11,13H2,1-3H3,(H,21,22). The summed E-state index contributed by atoms with van der Waals surface area (Å²) in [5, 5.41) is 7.33. The smallest absolute Gasteiger partial charge is 0.410 e. The Balaban J connectivity index is 1.44. The first kappa shape index (κ1) is 18.4. The lowest BCUT2D eigenvalue weighted by molar-refractivity contribution is -0.0178. The van der Waals surface area contributed by atoms with Crippen LogP contribution in [0, 0.1) is 0 Å². The fourth-order valence-electron chi connectivity index (χ4n) is 2.85. The molecule has 0 saturated carbocycles. The van der Waals surface area contributed by atoms with Gasteiger partial charge >= 0.3 is 6.09 Å². The van der Waals surface area contributed by atoms with Gasteiger partial charge in [-0.05, 0) is 51.8 Å². The number of piperidine rings is 1. The molecule has 140 valence electrons. The van der Waals surface area contributed by atoms with Crippen LogP contribution >= 0.6 is 0 Å². The number of amides is 1. The molecular formula is C19H26N4O3. The minimum absolute atomic E-state index is 0.140. The molecule has 0 bridgehead atoms. The summed E-state index contributed by atoms with van der Waals surface area (Å²) in [7, 11) is 0. The molecule has 1 aliphatic rings. The van der Waals surface area contributed by atoms with Crippen LogP contribution in [0.3, 0.4) is 0 Å². The minimum Gasteiger partial charge on any atom is -0.444 e. The van der Waals surface area contributed by atoms with Crippen molar-refractivity contribution < 1.29 is 14.3 Å². The second-order valence-corrected chi connectivity index (χ2v) is 7.49. The summed E-state index contributed by atoms with van der Waals surface area (Å²) in [6.45, 7) is 7.44. The van der Waals surface area contributed by atoms with E-state index in [0.717, 1.165) is 29.8 Å². The second kappa shape index (κ2) is 7.86. The number of aromatic amines is 1. The van der Waals surface area contributed by atoms with E-state index in [0.29, 0.717) is 19.7 Å². The number of hydrogen-bond donors (Lipinski definition) is 1. The van der Waals surface area contributed by atoms with Crippen LogP contribution in [0.2, 0.25) is 0 Å². The van der Waals surface area contributed by atoms with Crippen molar-refractivity contribution in [2.75, 3.05) is 13.1 Å². The highest BCUT2D eigenvalue weighted by Crippen LogP contribution is 2.20. The van der Waals surface area contributed by atoms with Gasteiger partial charge < -0.3 is 14.4 Å². The number of carbonyl (C=O) groups excluding carboxylic acids is 1. The van der Waals surface area contributed by atoms with Crippen molar-refractivity contribution in [3.05, 3.63) is 36.3 Å². The molecule has 0 spiro atoms. The molecule has 2 aromatic heterocycles. The van der Waals surface area contributed by atoms with Gasteiger partial charge in [0.25, 0.3) is 0 Å². The molecule has 1 saturated heterocycles. The van der Waals surface area contributed by atoms with Crippen LogP contribution in [0.1, 0.15) is 39.3 Å². The van der Waals surface area contributed by atoms with Crippen LogP contribution in [0.25, 0.3) is 11.3 Å². The molecule has 1 N–H and O–H groups in total. The monoisotopic (exact) mass is 358 g/mol. The fraction of sp³-hybridized carbons (Fsp3) is 0.526. The molecule has 3 heterocycles. The van der Waals surface area contributed by atoms with Crippen LogP contribution < -0.4 is 0 Å². The summed E-state index contributed by atoms with van der Waals surface area (Å²) in [6.07, 6.45) is 5.01. The number of nitrogens with one attached hydrogen (secondary N) is 1. The highest BCUT2D eigenvalue weighted by molar-refractivity contribution is 5.68. The maximum atomic E-state index is 12.1. The van der Waals surface area contributed by atoms with E-state index < -0.39 is 5.60 Å². The van der Waals surface area contributed by atoms with Gasteiger partial charge in [-0.1, -0.05) is 0 Å². The zero-order valence-electron chi connectivity index (χ0n) is 15.6. The average Bonchev–Trinajstić information content (AvgIpc) is 3.09. The van der Waals surface area contributed by atoms with Gasteiger partial charge in [-0.15, -0.1) is 0 Å². The lowest BCUT2D eigenvalue weighted by Crippen LogP contribution is -2.43. The van der Waals surface area contributed by atoms with E-state index in [1.54, 1.807) is 17.3 Å². The van der Waals surface area contributed by atoms with E-state index in [-0.39, 0.29) is 12.2 Å². The molecule has 0 radical (unpaired) electrons. The molecule has 0 unspecified atom stereocenters. The molecule has 7 heteroatoms. The number of carbonyl (C=O) groups is 1. The molecule has 26 heavy (non-hydrogen) atoms.